The maximum Gasteiger partial charge on any atom is 0.265 e. The maximum atomic E-state index is 10.9. The summed E-state index contributed by atoms with van der Waals surface area (Å²) in [4.78, 5) is 1.26. The summed E-state index contributed by atoms with van der Waals surface area (Å²) in [5.41, 5.74) is 0.987. The maximum absolute atomic E-state index is 10.9. The summed E-state index contributed by atoms with van der Waals surface area (Å²) in [6.45, 7) is 2.62. The minimum atomic E-state index is -3.94. The number of benzene rings is 1. The number of rotatable bonds is 7. The minimum Gasteiger partial charge on any atom is -0.286 e. The summed E-state index contributed by atoms with van der Waals surface area (Å²) in [6.07, 6.45) is 5.48. The van der Waals surface area contributed by atoms with Gasteiger partial charge in [0.25, 0.3) is 15.1 Å². The van der Waals surface area contributed by atoms with Gasteiger partial charge in [-0.3, -0.25) is 4.55 Å². The molecule has 8 heteroatoms. The number of thiazole rings is 1. The molecule has 1 aromatic heterocycles. The number of hydrogen-bond donors (Lipinski definition) is 1. The van der Waals surface area contributed by atoms with E-state index in [2.05, 4.69) is 17.6 Å². The highest BCUT2D eigenvalue weighted by atomic mass is 35.5. The summed E-state index contributed by atoms with van der Waals surface area (Å²) in [5.74, 6) is -0.246. The van der Waals surface area contributed by atoms with Gasteiger partial charge in [-0.15, -0.1) is 11.8 Å². The number of nitrogens with zero attached hydrogens (tertiary/aromatic N) is 1. The van der Waals surface area contributed by atoms with Crippen molar-refractivity contribution in [3.63, 3.8) is 0 Å². The van der Waals surface area contributed by atoms with Crippen LogP contribution < -0.4 is 4.57 Å². The molecule has 0 bridgehead atoms. The lowest BCUT2D eigenvalue weighted by atomic mass is 10.3. The number of halogens is 1. The molecule has 0 aliphatic heterocycles. The minimum absolute atomic E-state index is 0.246. The van der Waals surface area contributed by atoms with Crippen LogP contribution in [0.2, 0.25) is 5.02 Å². The van der Waals surface area contributed by atoms with Crippen molar-refractivity contribution in [2.24, 2.45) is 0 Å². The topological polar surface area (TPSA) is 58.2 Å². The van der Waals surface area contributed by atoms with Gasteiger partial charge in [0.05, 0.1) is 5.75 Å². The molecular formula is C15H19ClNO3S3+. The Kier molecular flexibility index (Phi) is 6.50. The van der Waals surface area contributed by atoms with Gasteiger partial charge in [0, 0.05) is 23.6 Å². The van der Waals surface area contributed by atoms with Gasteiger partial charge in [0.1, 0.15) is 4.70 Å². The lowest BCUT2D eigenvalue weighted by Gasteiger charge is -2.00. The average Bonchev–Trinajstić information content (AvgIpc) is 2.81. The van der Waals surface area contributed by atoms with E-state index in [1.54, 1.807) is 23.1 Å². The van der Waals surface area contributed by atoms with Crippen LogP contribution in [-0.2, 0) is 16.7 Å². The number of thioether (sulfide) groups is 1. The average molecular weight is 393 g/mol. The van der Waals surface area contributed by atoms with Crippen molar-refractivity contribution in [1.82, 2.24) is 0 Å². The Morgan fingerprint density at radius 2 is 2.22 bits per heavy atom. The largest absolute Gasteiger partial charge is 0.286 e. The zero-order valence-corrected chi connectivity index (χ0v) is 16.2. The molecule has 126 valence electrons. The molecule has 0 unspecified atom stereocenters. The molecule has 0 fully saturated rings. The van der Waals surface area contributed by atoms with E-state index in [0.717, 1.165) is 21.6 Å². The van der Waals surface area contributed by atoms with E-state index in [0.29, 0.717) is 18.0 Å². The van der Waals surface area contributed by atoms with Crippen molar-refractivity contribution >= 4 is 61.1 Å². The van der Waals surface area contributed by atoms with Crippen LogP contribution in [0.3, 0.4) is 0 Å². The smallest absolute Gasteiger partial charge is 0.265 e. The molecular weight excluding hydrogens is 374 g/mol. The second kappa shape index (κ2) is 7.98. The molecule has 2 aromatic rings. The Hall–Kier alpha value is -0.600. The van der Waals surface area contributed by atoms with Crippen LogP contribution in [0, 0.1) is 0 Å². The second-order valence-corrected chi connectivity index (χ2v) is 9.02. The Morgan fingerprint density at radius 1 is 1.48 bits per heavy atom. The quantitative estimate of drug-likeness (QED) is 0.565. The van der Waals surface area contributed by atoms with Gasteiger partial charge < -0.3 is 0 Å². The number of hydrogen-bond acceptors (Lipinski definition) is 4. The monoisotopic (exact) mass is 392 g/mol. The molecule has 0 spiro atoms. The number of fused-ring (bicyclic) bond motifs is 1. The van der Waals surface area contributed by atoms with Crippen LogP contribution in [-0.4, -0.2) is 25.0 Å². The molecule has 0 aliphatic carbocycles. The molecule has 1 N–H and O–H groups in total. The molecule has 1 aromatic carbocycles. The molecule has 0 atom stereocenters. The van der Waals surface area contributed by atoms with Gasteiger partial charge in [-0.25, -0.2) is 0 Å². The third-order valence-corrected chi connectivity index (χ3v) is 6.45. The van der Waals surface area contributed by atoms with Gasteiger partial charge in [-0.1, -0.05) is 29.9 Å². The zero-order chi connectivity index (χ0) is 17.0. The molecule has 23 heavy (non-hydrogen) atoms. The first-order chi connectivity index (χ1) is 10.8. The van der Waals surface area contributed by atoms with Gasteiger partial charge >= 0.3 is 0 Å². The third kappa shape index (κ3) is 5.19. The molecule has 0 radical (unpaired) electrons. The molecule has 4 nitrogen and oxygen atoms in total. The van der Waals surface area contributed by atoms with Crippen molar-refractivity contribution < 1.29 is 17.5 Å². The van der Waals surface area contributed by atoms with E-state index in [1.165, 1.54) is 4.91 Å². The Morgan fingerprint density at radius 3 is 2.83 bits per heavy atom. The summed E-state index contributed by atoms with van der Waals surface area (Å²) >= 11 is 9.46. The van der Waals surface area contributed by atoms with Crippen molar-refractivity contribution in [2.45, 2.75) is 26.3 Å². The van der Waals surface area contributed by atoms with Crippen molar-refractivity contribution in [3.05, 3.63) is 33.1 Å². The van der Waals surface area contributed by atoms with Gasteiger partial charge in [-0.05, 0) is 29.7 Å². The number of aromatic nitrogens is 1. The normalized spacial score (nSPS) is 13.0. The Balaban J connectivity index is 2.44. The molecule has 2 rings (SSSR count). The molecule has 1 heterocycles. The van der Waals surface area contributed by atoms with Crippen LogP contribution >= 0.6 is 34.7 Å². The van der Waals surface area contributed by atoms with Crippen LogP contribution in [0.5, 0.6) is 0 Å². The van der Waals surface area contributed by atoms with Crippen molar-refractivity contribution in [2.75, 3.05) is 12.0 Å². The lowest BCUT2D eigenvalue weighted by Crippen LogP contribution is -2.36. The number of allylic oxidation sites excluding steroid dienone is 1. The van der Waals surface area contributed by atoms with E-state index in [1.807, 2.05) is 24.5 Å². The fourth-order valence-corrected chi connectivity index (χ4v) is 4.65. The van der Waals surface area contributed by atoms with Crippen LogP contribution in [0.1, 0.15) is 24.8 Å². The van der Waals surface area contributed by atoms with E-state index in [9.17, 15) is 8.42 Å². The summed E-state index contributed by atoms with van der Waals surface area (Å²) in [7, 11) is -3.94. The highest BCUT2D eigenvalue weighted by Crippen LogP contribution is 2.27. The van der Waals surface area contributed by atoms with E-state index < -0.39 is 10.1 Å². The highest BCUT2D eigenvalue weighted by molar-refractivity contribution is 8.02. The first-order valence-electron chi connectivity index (χ1n) is 7.15. The number of aryl methyl sites for hydroxylation is 1. The predicted octanol–water partition coefficient (Wildman–Crippen LogP) is 4.23. The molecule has 0 saturated carbocycles. The summed E-state index contributed by atoms with van der Waals surface area (Å²) in [6, 6.07) is 5.72. The van der Waals surface area contributed by atoms with E-state index in [4.69, 9.17) is 16.2 Å². The van der Waals surface area contributed by atoms with Crippen molar-refractivity contribution in [1.29, 1.82) is 0 Å². The second-order valence-electron chi connectivity index (χ2n) is 5.01. The first kappa shape index (κ1) is 18.7. The van der Waals surface area contributed by atoms with Gasteiger partial charge in [-0.2, -0.15) is 13.0 Å². The van der Waals surface area contributed by atoms with Crippen LogP contribution in [0.15, 0.2) is 23.1 Å². The molecule has 0 amide bonds. The Labute approximate surface area is 149 Å². The standard InChI is InChI=1S/C15H18ClNO3S3/c1-3-12(21-2)10-15-17(7-4-8-23(18,19)20)13-9-11(16)5-6-14(13)22-15/h5-6,9-10H,3-4,7-8H2,1-2H3/p+1/b12-10-. The van der Waals surface area contributed by atoms with Crippen LogP contribution in [0.4, 0.5) is 0 Å². The molecule has 0 aliphatic rings. The Bertz CT molecular complexity index is 822. The van der Waals surface area contributed by atoms with Crippen LogP contribution in [0.25, 0.3) is 16.3 Å². The summed E-state index contributed by atoms with van der Waals surface area (Å²) < 4.78 is 34.0. The van der Waals surface area contributed by atoms with Gasteiger partial charge in [0.15, 0.2) is 6.54 Å². The molecule has 0 saturated heterocycles. The van der Waals surface area contributed by atoms with E-state index in [-0.39, 0.29) is 5.75 Å². The van der Waals surface area contributed by atoms with Crippen molar-refractivity contribution in [3.8, 4) is 0 Å². The lowest BCUT2D eigenvalue weighted by molar-refractivity contribution is -0.668. The fourth-order valence-electron chi connectivity index (χ4n) is 2.26. The fraction of sp³-hybridized carbons (Fsp3) is 0.400. The zero-order valence-electron chi connectivity index (χ0n) is 13.0. The van der Waals surface area contributed by atoms with E-state index >= 15 is 0 Å². The SMILES string of the molecule is CC/C(=C/c1sc2ccc(Cl)cc2[n+]1CCCS(=O)(=O)O)SC. The summed E-state index contributed by atoms with van der Waals surface area (Å²) in [5, 5.41) is 1.71. The highest BCUT2D eigenvalue weighted by Gasteiger charge is 2.20. The first-order valence-corrected chi connectivity index (χ1v) is 11.2. The third-order valence-electron chi connectivity index (χ3n) is 3.37. The predicted molar refractivity (Wildman–Crippen MR) is 99.8 cm³/mol. The van der Waals surface area contributed by atoms with Gasteiger partial charge in [0.2, 0.25) is 5.52 Å².